The van der Waals surface area contributed by atoms with Crippen LogP contribution in [-0.4, -0.2) is 60.4 Å². The molecule has 7 nitrogen and oxygen atoms in total. The summed E-state index contributed by atoms with van der Waals surface area (Å²) in [6.07, 6.45) is 1.81. The van der Waals surface area contributed by atoms with E-state index in [2.05, 4.69) is 60.6 Å². The molecule has 1 aliphatic heterocycles. The van der Waals surface area contributed by atoms with Gasteiger partial charge in [0.2, 0.25) is 0 Å². The molecule has 3 rings (SSSR count). The van der Waals surface area contributed by atoms with Gasteiger partial charge in [-0.2, -0.15) is 0 Å². The SMILES string of the molecule is CCNC(=NCc1ccc(Cn2ccccc2=O)cc1)NCC(C)(C)N1CCOCC1. The molecule has 1 aliphatic rings. The lowest BCUT2D eigenvalue weighted by Gasteiger charge is -2.41. The van der Waals surface area contributed by atoms with Crippen molar-refractivity contribution in [1.82, 2.24) is 20.1 Å². The molecule has 1 aromatic carbocycles. The van der Waals surface area contributed by atoms with Crippen LogP contribution in [0.25, 0.3) is 0 Å². The van der Waals surface area contributed by atoms with Crippen LogP contribution in [0.4, 0.5) is 0 Å². The van der Waals surface area contributed by atoms with Gasteiger partial charge in [0.15, 0.2) is 5.96 Å². The third-order valence-corrected chi connectivity index (χ3v) is 5.59. The number of aromatic nitrogens is 1. The molecule has 1 aromatic heterocycles. The molecule has 168 valence electrons. The van der Waals surface area contributed by atoms with Crippen LogP contribution in [0, 0.1) is 0 Å². The molecule has 1 saturated heterocycles. The van der Waals surface area contributed by atoms with Crippen LogP contribution in [0.15, 0.2) is 58.4 Å². The zero-order valence-electron chi connectivity index (χ0n) is 18.9. The van der Waals surface area contributed by atoms with Gasteiger partial charge in [-0.25, -0.2) is 4.99 Å². The fourth-order valence-corrected chi connectivity index (χ4v) is 3.63. The molecule has 0 radical (unpaired) electrons. The maximum absolute atomic E-state index is 11.9. The number of rotatable bonds is 8. The van der Waals surface area contributed by atoms with Crippen LogP contribution in [-0.2, 0) is 17.8 Å². The number of pyridine rings is 1. The third-order valence-electron chi connectivity index (χ3n) is 5.59. The molecule has 0 amide bonds. The summed E-state index contributed by atoms with van der Waals surface area (Å²) in [6.45, 7) is 12.9. The van der Waals surface area contributed by atoms with Gasteiger partial charge in [-0.15, -0.1) is 0 Å². The van der Waals surface area contributed by atoms with Crippen molar-refractivity contribution in [3.8, 4) is 0 Å². The number of hydrogen-bond acceptors (Lipinski definition) is 4. The van der Waals surface area contributed by atoms with Crippen molar-refractivity contribution < 1.29 is 4.74 Å². The molecular formula is C24H35N5O2. The highest BCUT2D eigenvalue weighted by Gasteiger charge is 2.28. The average molecular weight is 426 g/mol. The van der Waals surface area contributed by atoms with Crippen LogP contribution < -0.4 is 16.2 Å². The van der Waals surface area contributed by atoms with E-state index in [0.717, 1.165) is 56.5 Å². The molecule has 0 unspecified atom stereocenters. The number of aliphatic imine (C=N–C) groups is 1. The summed E-state index contributed by atoms with van der Waals surface area (Å²) in [5.41, 5.74) is 2.27. The first-order valence-electron chi connectivity index (χ1n) is 11.1. The van der Waals surface area contributed by atoms with E-state index in [9.17, 15) is 4.79 Å². The smallest absolute Gasteiger partial charge is 0.250 e. The highest BCUT2D eigenvalue weighted by Crippen LogP contribution is 2.15. The average Bonchev–Trinajstić information content (AvgIpc) is 2.79. The second-order valence-electron chi connectivity index (χ2n) is 8.44. The second-order valence-corrected chi connectivity index (χ2v) is 8.44. The summed E-state index contributed by atoms with van der Waals surface area (Å²) < 4.78 is 7.18. The van der Waals surface area contributed by atoms with Crippen molar-refractivity contribution in [1.29, 1.82) is 0 Å². The molecule has 2 aromatic rings. The topological polar surface area (TPSA) is 70.9 Å². The summed E-state index contributed by atoms with van der Waals surface area (Å²) in [5.74, 6) is 0.823. The zero-order valence-corrected chi connectivity index (χ0v) is 18.9. The van der Waals surface area contributed by atoms with Gasteiger partial charge in [-0.3, -0.25) is 9.69 Å². The van der Waals surface area contributed by atoms with E-state index in [1.54, 1.807) is 16.7 Å². The predicted molar refractivity (Wildman–Crippen MR) is 126 cm³/mol. The Labute approximate surface area is 185 Å². The molecule has 2 heterocycles. The Balaban J connectivity index is 1.57. The molecule has 31 heavy (non-hydrogen) atoms. The minimum atomic E-state index is 0.0116. The Morgan fingerprint density at radius 3 is 2.45 bits per heavy atom. The van der Waals surface area contributed by atoms with E-state index >= 15 is 0 Å². The number of hydrogen-bond donors (Lipinski definition) is 2. The first-order chi connectivity index (χ1) is 15.0. The monoisotopic (exact) mass is 425 g/mol. The minimum absolute atomic E-state index is 0.0116. The van der Waals surface area contributed by atoms with Gasteiger partial charge in [0.05, 0.1) is 26.3 Å². The molecule has 0 aliphatic carbocycles. The Bertz CT molecular complexity index is 899. The third kappa shape index (κ3) is 6.94. The molecule has 7 heteroatoms. The van der Waals surface area contributed by atoms with E-state index in [-0.39, 0.29) is 11.1 Å². The number of nitrogens with zero attached hydrogens (tertiary/aromatic N) is 3. The van der Waals surface area contributed by atoms with Crippen molar-refractivity contribution in [3.63, 3.8) is 0 Å². The van der Waals surface area contributed by atoms with Gasteiger partial charge in [0.1, 0.15) is 0 Å². The van der Waals surface area contributed by atoms with Gasteiger partial charge >= 0.3 is 0 Å². The van der Waals surface area contributed by atoms with Gasteiger partial charge in [-0.1, -0.05) is 30.3 Å². The lowest BCUT2D eigenvalue weighted by molar-refractivity contribution is -0.00834. The standard InChI is InChI=1S/C24H35N5O2/c1-4-25-23(27-19-24(2,3)29-13-15-31-16-14-29)26-17-20-8-10-21(11-9-20)18-28-12-6-5-7-22(28)30/h5-12H,4,13-19H2,1-3H3,(H2,25,26,27). The largest absolute Gasteiger partial charge is 0.379 e. The maximum atomic E-state index is 11.9. The molecular weight excluding hydrogens is 390 g/mol. The summed E-state index contributed by atoms with van der Waals surface area (Å²) in [4.78, 5) is 19.1. The molecule has 1 fully saturated rings. The fourth-order valence-electron chi connectivity index (χ4n) is 3.63. The number of morpholine rings is 1. The Morgan fingerprint density at radius 1 is 1.06 bits per heavy atom. The lowest BCUT2D eigenvalue weighted by Crippen LogP contribution is -2.56. The number of ether oxygens (including phenoxy) is 1. The quantitative estimate of drug-likeness (QED) is 0.501. The van der Waals surface area contributed by atoms with Gasteiger partial charge < -0.3 is 19.9 Å². The first kappa shape index (κ1) is 23.0. The molecule has 0 saturated carbocycles. The van der Waals surface area contributed by atoms with Crippen LogP contribution >= 0.6 is 0 Å². The first-order valence-corrected chi connectivity index (χ1v) is 11.1. The highest BCUT2D eigenvalue weighted by atomic mass is 16.5. The van der Waals surface area contributed by atoms with Crippen LogP contribution in [0.1, 0.15) is 31.9 Å². The van der Waals surface area contributed by atoms with E-state index in [1.165, 1.54) is 0 Å². The molecule has 0 bridgehead atoms. The fraction of sp³-hybridized carbons (Fsp3) is 0.500. The van der Waals surface area contributed by atoms with Crippen molar-refractivity contribution in [2.75, 3.05) is 39.4 Å². The van der Waals surface area contributed by atoms with Crippen molar-refractivity contribution in [3.05, 3.63) is 70.1 Å². The Morgan fingerprint density at radius 2 is 1.77 bits per heavy atom. The molecule has 0 spiro atoms. The van der Waals surface area contributed by atoms with E-state index in [0.29, 0.717) is 13.1 Å². The van der Waals surface area contributed by atoms with Gasteiger partial charge in [-0.05, 0) is 38.0 Å². The number of guanidine groups is 1. The van der Waals surface area contributed by atoms with Gasteiger partial charge in [0.25, 0.3) is 5.56 Å². The highest BCUT2D eigenvalue weighted by molar-refractivity contribution is 5.79. The van der Waals surface area contributed by atoms with Crippen LogP contribution in [0.3, 0.4) is 0 Å². The molecule has 2 N–H and O–H groups in total. The number of nitrogens with one attached hydrogen (secondary N) is 2. The predicted octanol–water partition coefficient (Wildman–Crippen LogP) is 2.06. The molecule has 0 atom stereocenters. The van der Waals surface area contributed by atoms with E-state index in [4.69, 9.17) is 9.73 Å². The summed E-state index contributed by atoms with van der Waals surface area (Å²) in [7, 11) is 0. The summed E-state index contributed by atoms with van der Waals surface area (Å²) in [6, 6.07) is 13.5. The maximum Gasteiger partial charge on any atom is 0.250 e. The van der Waals surface area contributed by atoms with Crippen LogP contribution in [0.2, 0.25) is 0 Å². The van der Waals surface area contributed by atoms with E-state index in [1.807, 2.05) is 12.3 Å². The van der Waals surface area contributed by atoms with Crippen molar-refractivity contribution in [2.45, 2.75) is 39.4 Å². The Hall–Kier alpha value is -2.64. The van der Waals surface area contributed by atoms with Crippen molar-refractivity contribution in [2.24, 2.45) is 4.99 Å². The summed E-state index contributed by atoms with van der Waals surface area (Å²) in [5, 5.41) is 6.83. The normalized spacial score (nSPS) is 15.6. The van der Waals surface area contributed by atoms with Crippen molar-refractivity contribution >= 4 is 5.96 Å². The lowest BCUT2D eigenvalue weighted by atomic mass is 10.0. The number of benzene rings is 1. The Kier molecular flexibility index (Phi) is 8.26. The minimum Gasteiger partial charge on any atom is -0.379 e. The van der Waals surface area contributed by atoms with E-state index < -0.39 is 0 Å². The van der Waals surface area contributed by atoms with Crippen LogP contribution in [0.5, 0.6) is 0 Å². The summed E-state index contributed by atoms with van der Waals surface area (Å²) >= 11 is 0. The zero-order chi connectivity index (χ0) is 22.1. The van der Waals surface area contributed by atoms with Gasteiger partial charge in [0, 0.05) is 44.0 Å². The second kappa shape index (κ2) is 11.1.